The highest BCUT2D eigenvalue weighted by Gasteiger charge is 2.21. The van der Waals surface area contributed by atoms with E-state index in [1.54, 1.807) is 26.0 Å². The molecular formula is C10H12ClN3O2S2. The second-order valence-electron chi connectivity index (χ2n) is 3.82. The number of aromatic nitrogens is 2. The third-order valence-electron chi connectivity index (χ3n) is 2.32. The molecule has 0 aliphatic rings. The average molecular weight is 306 g/mol. The van der Waals surface area contributed by atoms with Gasteiger partial charge >= 0.3 is 0 Å². The van der Waals surface area contributed by atoms with Gasteiger partial charge < -0.3 is 4.98 Å². The molecule has 0 fully saturated rings. The van der Waals surface area contributed by atoms with Gasteiger partial charge in [0.05, 0.1) is 16.6 Å². The zero-order valence-corrected chi connectivity index (χ0v) is 12.2. The number of thiophene rings is 1. The number of imidazole rings is 1. The van der Waals surface area contributed by atoms with Crippen molar-refractivity contribution in [3.05, 3.63) is 33.4 Å². The summed E-state index contributed by atoms with van der Waals surface area (Å²) in [6.07, 6.45) is 1.30. The van der Waals surface area contributed by atoms with E-state index in [0.29, 0.717) is 10.2 Å². The van der Waals surface area contributed by atoms with E-state index in [9.17, 15) is 8.42 Å². The lowest BCUT2D eigenvalue weighted by atomic mass is 10.3. The van der Waals surface area contributed by atoms with Crippen LogP contribution in [0.3, 0.4) is 0 Å². The summed E-state index contributed by atoms with van der Waals surface area (Å²) in [4.78, 5) is 7.43. The molecule has 1 atom stereocenters. The first-order valence-corrected chi connectivity index (χ1v) is 7.85. The lowest BCUT2D eigenvalue weighted by Gasteiger charge is -2.11. The lowest BCUT2D eigenvalue weighted by molar-refractivity contribution is 0.565. The van der Waals surface area contributed by atoms with Gasteiger partial charge in [0.15, 0.2) is 5.03 Å². The van der Waals surface area contributed by atoms with Crippen LogP contribution in [0.2, 0.25) is 4.34 Å². The molecule has 18 heavy (non-hydrogen) atoms. The number of sulfonamides is 1. The van der Waals surface area contributed by atoms with E-state index in [0.717, 1.165) is 4.88 Å². The van der Waals surface area contributed by atoms with Gasteiger partial charge in [-0.05, 0) is 26.0 Å². The maximum Gasteiger partial charge on any atom is 0.258 e. The van der Waals surface area contributed by atoms with Crippen LogP contribution >= 0.6 is 22.9 Å². The third kappa shape index (κ3) is 2.92. The summed E-state index contributed by atoms with van der Waals surface area (Å²) in [5.41, 5.74) is 0. The molecule has 2 rings (SSSR count). The Balaban J connectivity index is 2.18. The second-order valence-corrected chi connectivity index (χ2v) is 7.25. The highest BCUT2D eigenvalue weighted by Crippen LogP contribution is 2.27. The molecule has 2 N–H and O–H groups in total. The fourth-order valence-corrected chi connectivity index (χ4v) is 3.78. The van der Waals surface area contributed by atoms with Gasteiger partial charge in [-0.2, -0.15) is 0 Å². The van der Waals surface area contributed by atoms with Gasteiger partial charge in [0, 0.05) is 4.88 Å². The van der Waals surface area contributed by atoms with E-state index >= 15 is 0 Å². The smallest absolute Gasteiger partial charge is 0.258 e. The molecule has 8 heteroatoms. The Kier molecular flexibility index (Phi) is 3.76. The molecular weight excluding hydrogens is 294 g/mol. The summed E-state index contributed by atoms with van der Waals surface area (Å²) < 4.78 is 27.3. The Hall–Kier alpha value is -0.890. The SMILES string of the molecule is Cc1ncc(S(=O)(=O)NC(C)c2ccc(Cl)s2)[nH]1. The molecule has 2 aromatic heterocycles. The van der Waals surface area contributed by atoms with Crippen molar-refractivity contribution in [2.24, 2.45) is 0 Å². The van der Waals surface area contributed by atoms with Gasteiger partial charge in [-0.1, -0.05) is 11.6 Å². The van der Waals surface area contributed by atoms with Crippen LogP contribution in [-0.2, 0) is 10.0 Å². The fourth-order valence-electron chi connectivity index (χ4n) is 1.45. The highest BCUT2D eigenvalue weighted by molar-refractivity contribution is 7.89. The van der Waals surface area contributed by atoms with Gasteiger partial charge in [-0.15, -0.1) is 11.3 Å². The van der Waals surface area contributed by atoms with Crippen molar-refractivity contribution in [3.8, 4) is 0 Å². The van der Waals surface area contributed by atoms with Crippen molar-refractivity contribution >= 4 is 33.0 Å². The monoisotopic (exact) mass is 305 g/mol. The van der Waals surface area contributed by atoms with Gasteiger partial charge in [0.1, 0.15) is 5.82 Å². The Labute approximate surface area is 114 Å². The maximum absolute atomic E-state index is 12.0. The number of hydrogen-bond donors (Lipinski definition) is 2. The van der Waals surface area contributed by atoms with E-state index < -0.39 is 10.0 Å². The molecule has 2 aromatic rings. The molecule has 0 spiro atoms. The van der Waals surface area contributed by atoms with Crippen LogP contribution in [0.4, 0.5) is 0 Å². The average Bonchev–Trinajstić information content (AvgIpc) is 2.86. The van der Waals surface area contributed by atoms with Crippen molar-refractivity contribution in [1.82, 2.24) is 14.7 Å². The first-order chi connectivity index (χ1) is 8.38. The first kappa shape index (κ1) is 13.5. The quantitative estimate of drug-likeness (QED) is 0.911. The van der Waals surface area contributed by atoms with Gasteiger partial charge in [-0.3, -0.25) is 0 Å². The molecule has 0 aliphatic carbocycles. The summed E-state index contributed by atoms with van der Waals surface area (Å²) in [6, 6.07) is 3.21. The number of nitrogens with one attached hydrogen (secondary N) is 2. The van der Waals surface area contributed by atoms with Crippen LogP contribution < -0.4 is 4.72 Å². The summed E-state index contributed by atoms with van der Waals surface area (Å²) in [5.74, 6) is 0.558. The Morgan fingerprint density at radius 1 is 1.50 bits per heavy atom. The molecule has 98 valence electrons. The molecule has 0 aliphatic heterocycles. The molecule has 0 amide bonds. The van der Waals surface area contributed by atoms with Crippen molar-refractivity contribution in [3.63, 3.8) is 0 Å². The molecule has 0 saturated carbocycles. The van der Waals surface area contributed by atoms with Crippen molar-refractivity contribution in [2.75, 3.05) is 0 Å². The van der Waals surface area contributed by atoms with Crippen LogP contribution in [0.15, 0.2) is 23.4 Å². The van der Waals surface area contributed by atoms with Crippen LogP contribution in [0, 0.1) is 6.92 Å². The van der Waals surface area contributed by atoms with E-state index in [-0.39, 0.29) is 11.1 Å². The fraction of sp³-hybridized carbons (Fsp3) is 0.300. The topological polar surface area (TPSA) is 74.8 Å². The minimum atomic E-state index is -3.58. The maximum atomic E-state index is 12.0. The largest absolute Gasteiger partial charge is 0.332 e. The summed E-state index contributed by atoms with van der Waals surface area (Å²) in [6.45, 7) is 3.46. The number of H-pyrrole nitrogens is 1. The minimum absolute atomic E-state index is 0.0644. The summed E-state index contributed by atoms with van der Waals surface area (Å²) >= 11 is 7.17. The minimum Gasteiger partial charge on any atom is -0.332 e. The van der Waals surface area contributed by atoms with Crippen LogP contribution in [0.25, 0.3) is 0 Å². The predicted molar refractivity (Wildman–Crippen MR) is 71.4 cm³/mol. The molecule has 0 bridgehead atoms. The van der Waals surface area contributed by atoms with Gasteiger partial charge in [-0.25, -0.2) is 18.1 Å². The number of halogens is 1. The Morgan fingerprint density at radius 3 is 2.72 bits per heavy atom. The summed E-state index contributed by atoms with van der Waals surface area (Å²) in [7, 11) is -3.58. The van der Waals surface area contributed by atoms with E-state index in [2.05, 4.69) is 14.7 Å². The van der Waals surface area contributed by atoms with E-state index in [4.69, 9.17) is 11.6 Å². The van der Waals surface area contributed by atoms with Gasteiger partial charge in [0.25, 0.3) is 10.0 Å². The molecule has 1 unspecified atom stereocenters. The number of aromatic amines is 1. The van der Waals surface area contributed by atoms with Crippen LogP contribution in [0.1, 0.15) is 23.7 Å². The first-order valence-electron chi connectivity index (χ1n) is 5.17. The molecule has 0 saturated heterocycles. The van der Waals surface area contributed by atoms with Crippen molar-refractivity contribution < 1.29 is 8.42 Å². The normalized spacial score (nSPS) is 13.7. The molecule has 0 radical (unpaired) electrons. The molecule has 2 heterocycles. The van der Waals surface area contributed by atoms with E-state index in [1.807, 2.05) is 0 Å². The van der Waals surface area contributed by atoms with Gasteiger partial charge in [0.2, 0.25) is 0 Å². The zero-order valence-electron chi connectivity index (χ0n) is 9.77. The highest BCUT2D eigenvalue weighted by atomic mass is 35.5. The third-order valence-corrected chi connectivity index (χ3v) is 5.19. The Morgan fingerprint density at radius 2 is 2.22 bits per heavy atom. The number of nitrogens with zero attached hydrogens (tertiary/aromatic N) is 1. The lowest BCUT2D eigenvalue weighted by Crippen LogP contribution is -2.26. The van der Waals surface area contributed by atoms with Crippen LogP contribution in [0.5, 0.6) is 0 Å². The molecule has 5 nitrogen and oxygen atoms in total. The summed E-state index contributed by atoms with van der Waals surface area (Å²) in [5, 5.41) is 0.0644. The number of hydrogen-bond acceptors (Lipinski definition) is 4. The Bertz CT molecular complexity index is 648. The van der Waals surface area contributed by atoms with E-state index in [1.165, 1.54) is 17.5 Å². The number of rotatable bonds is 4. The number of aryl methyl sites for hydroxylation is 1. The second kappa shape index (κ2) is 5.00. The standard InChI is InChI=1S/C10H12ClN3O2S2/c1-6(8-3-4-9(11)17-8)14-18(15,16)10-5-12-7(2)13-10/h3-6,14H,1-2H3,(H,12,13). The molecule has 0 aromatic carbocycles. The zero-order chi connectivity index (χ0) is 13.3. The van der Waals surface area contributed by atoms with Crippen molar-refractivity contribution in [2.45, 2.75) is 24.9 Å². The van der Waals surface area contributed by atoms with Crippen LogP contribution in [-0.4, -0.2) is 18.4 Å². The predicted octanol–water partition coefficient (Wildman–Crippen LogP) is 2.47. The van der Waals surface area contributed by atoms with Crippen molar-refractivity contribution in [1.29, 1.82) is 0 Å².